The lowest BCUT2D eigenvalue weighted by molar-refractivity contribution is 0.644. The molecular formula is C8H9NOS. The van der Waals surface area contributed by atoms with E-state index in [9.17, 15) is 0 Å². The molecule has 0 saturated carbocycles. The molecule has 1 aromatic heterocycles. The van der Waals surface area contributed by atoms with Crippen molar-refractivity contribution in [3.8, 4) is 5.75 Å². The average molecular weight is 167 g/mol. The predicted molar refractivity (Wildman–Crippen MR) is 48.5 cm³/mol. The van der Waals surface area contributed by atoms with Gasteiger partial charge in [0.1, 0.15) is 0 Å². The van der Waals surface area contributed by atoms with Crippen LogP contribution < -0.4 is 4.18 Å². The Labute approximate surface area is 70.5 Å². The van der Waals surface area contributed by atoms with E-state index >= 15 is 0 Å². The van der Waals surface area contributed by atoms with Crippen molar-refractivity contribution in [2.75, 3.05) is 6.26 Å². The molecular weight excluding hydrogens is 158 g/mol. The summed E-state index contributed by atoms with van der Waals surface area (Å²) in [7, 11) is 0. The number of pyridine rings is 1. The highest BCUT2D eigenvalue weighted by Crippen LogP contribution is 2.20. The Morgan fingerprint density at radius 2 is 2.55 bits per heavy atom. The summed E-state index contributed by atoms with van der Waals surface area (Å²) >= 11 is 1.30. The summed E-state index contributed by atoms with van der Waals surface area (Å²) in [5, 5.41) is 0. The van der Waals surface area contributed by atoms with Crippen LogP contribution in [0.3, 0.4) is 0 Å². The lowest BCUT2D eigenvalue weighted by Gasteiger charge is -2.02. The largest absolute Gasteiger partial charge is 0.424 e. The van der Waals surface area contributed by atoms with Gasteiger partial charge >= 0.3 is 0 Å². The van der Waals surface area contributed by atoms with Crippen LogP contribution in [-0.4, -0.2) is 11.2 Å². The van der Waals surface area contributed by atoms with Gasteiger partial charge in [-0.05, 0) is 6.07 Å². The molecule has 1 rings (SSSR count). The monoisotopic (exact) mass is 167 g/mol. The molecule has 0 N–H and O–H groups in total. The van der Waals surface area contributed by atoms with Gasteiger partial charge in [0.2, 0.25) is 0 Å². The molecule has 0 amide bonds. The summed E-state index contributed by atoms with van der Waals surface area (Å²) in [5.41, 5.74) is 0.967. The van der Waals surface area contributed by atoms with Crippen LogP contribution in [0.15, 0.2) is 25.0 Å². The van der Waals surface area contributed by atoms with E-state index in [-0.39, 0.29) is 0 Å². The van der Waals surface area contributed by atoms with E-state index in [2.05, 4.69) is 11.6 Å². The van der Waals surface area contributed by atoms with Gasteiger partial charge in [-0.2, -0.15) is 0 Å². The molecule has 1 aromatic rings. The van der Waals surface area contributed by atoms with Crippen LogP contribution in [-0.2, 0) is 0 Å². The van der Waals surface area contributed by atoms with Crippen LogP contribution in [0.5, 0.6) is 5.75 Å². The molecule has 0 fully saturated rings. The van der Waals surface area contributed by atoms with Gasteiger partial charge in [-0.25, -0.2) is 0 Å². The standard InChI is InChI=1S/C8H9NOS/c1-3-7-4-5-9-6-8(7)10-11-2/h3-6H,1H2,2H3. The van der Waals surface area contributed by atoms with Gasteiger partial charge in [-0.1, -0.05) is 12.7 Å². The molecule has 0 unspecified atom stereocenters. The van der Waals surface area contributed by atoms with Crippen molar-refractivity contribution in [3.05, 3.63) is 30.6 Å². The molecule has 0 aliphatic rings. The number of aromatic nitrogens is 1. The zero-order valence-corrected chi connectivity index (χ0v) is 7.10. The Kier molecular flexibility index (Phi) is 2.98. The van der Waals surface area contributed by atoms with Gasteiger partial charge in [0.05, 0.1) is 18.2 Å². The number of hydrogen-bond acceptors (Lipinski definition) is 3. The zero-order chi connectivity index (χ0) is 8.10. The fraction of sp³-hybridized carbons (Fsp3) is 0.125. The third-order valence-corrected chi connectivity index (χ3v) is 1.56. The normalized spacial score (nSPS) is 9.18. The summed E-state index contributed by atoms with van der Waals surface area (Å²) in [5.74, 6) is 0.759. The van der Waals surface area contributed by atoms with Crippen LogP contribution in [0.1, 0.15) is 5.56 Å². The van der Waals surface area contributed by atoms with Crippen LogP contribution in [0.2, 0.25) is 0 Å². The minimum absolute atomic E-state index is 0.759. The molecule has 0 aliphatic carbocycles. The van der Waals surface area contributed by atoms with Gasteiger partial charge in [-0.3, -0.25) is 4.98 Å². The van der Waals surface area contributed by atoms with Gasteiger partial charge in [0, 0.05) is 18.0 Å². The third kappa shape index (κ3) is 1.98. The molecule has 2 nitrogen and oxygen atoms in total. The Morgan fingerprint density at radius 3 is 3.18 bits per heavy atom. The Hall–Kier alpha value is -0.960. The fourth-order valence-electron chi connectivity index (χ4n) is 0.719. The number of hydrogen-bond donors (Lipinski definition) is 0. The maximum absolute atomic E-state index is 5.21. The van der Waals surface area contributed by atoms with Gasteiger partial charge in [0.15, 0.2) is 5.75 Å². The van der Waals surface area contributed by atoms with E-state index in [1.165, 1.54) is 12.0 Å². The van der Waals surface area contributed by atoms with E-state index in [4.69, 9.17) is 4.18 Å². The van der Waals surface area contributed by atoms with Crippen LogP contribution in [0.25, 0.3) is 6.08 Å². The maximum Gasteiger partial charge on any atom is 0.162 e. The first-order valence-corrected chi connectivity index (χ1v) is 4.30. The lowest BCUT2D eigenvalue weighted by atomic mass is 10.2. The molecule has 0 aliphatic heterocycles. The molecule has 1 heterocycles. The van der Waals surface area contributed by atoms with Gasteiger partial charge in [0.25, 0.3) is 0 Å². The van der Waals surface area contributed by atoms with Gasteiger partial charge in [-0.15, -0.1) is 0 Å². The fourth-order valence-corrected chi connectivity index (χ4v) is 1.04. The Balaban J connectivity index is 2.92. The number of rotatable bonds is 3. The smallest absolute Gasteiger partial charge is 0.162 e. The molecule has 0 spiro atoms. The van der Waals surface area contributed by atoms with E-state index in [0.29, 0.717) is 0 Å². The van der Waals surface area contributed by atoms with Crippen molar-refractivity contribution in [1.82, 2.24) is 4.98 Å². The van der Waals surface area contributed by atoms with E-state index in [1.54, 1.807) is 18.5 Å². The first-order valence-electron chi connectivity index (χ1n) is 3.15. The maximum atomic E-state index is 5.21. The molecule has 0 radical (unpaired) electrons. The van der Waals surface area contributed by atoms with E-state index in [0.717, 1.165) is 11.3 Å². The molecule has 0 bridgehead atoms. The molecule has 0 aromatic carbocycles. The lowest BCUT2D eigenvalue weighted by Crippen LogP contribution is -1.84. The predicted octanol–water partition coefficient (Wildman–Crippen LogP) is 2.38. The first-order chi connectivity index (χ1) is 5.38. The van der Waals surface area contributed by atoms with Crippen molar-refractivity contribution >= 4 is 18.1 Å². The molecule has 11 heavy (non-hydrogen) atoms. The topological polar surface area (TPSA) is 22.1 Å². The third-order valence-electron chi connectivity index (χ3n) is 1.21. The second-order valence-corrected chi connectivity index (χ2v) is 2.37. The summed E-state index contributed by atoms with van der Waals surface area (Å²) < 4.78 is 5.21. The van der Waals surface area contributed by atoms with Crippen molar-refractivity contribution in [2.45, 2.75) is 0 Å². The van der Waals surface area contributed by atoms with Crippen molar-refractivity contribution in [2.24, 2.45) is 0 Å². The quantitative estimate of drug-likeness (QED) is 0.645. The van der Waals surface area contributed by atoms with Crippen molar-refractivity contribution in [3.63, 3.8) is 0 Å². The highest BCUT2D eigenvalue weighted by atomic mass is 32.2. The first kappa shape index (κ1) is 8.14. The highest BCUT2D eigenvalue weighted by Gasteiger charge is 1.97. The molecule has 58 valence electrons. The molecule has 0 saturated heterocycles. The highest BCUT2D eigenvalue weighted by molar-refractivity contribution is 7.94. The average Bonchev–Trinajstić information content (AvgIpc) is 2.06. The van der Waals surface area contributed by atoms with Crippen LogP contribution >= 0.6 is 12.0 Å². The van der Waals surface area contributed by atoms with Crippen LogP contribution in [0, 0.1) is 0 Å². The summed E-state index contributed by atoms with van der Waals surface area (Å²) in [4.78, 5) is 3.93. The van der Waals surface area contributed by atoms with Crippen molar-refractivity contribution in [1.29, 1.82) is 0 Å². The Bertz CT molecular complexity index is 250. The van der Waals surface area contributed by atoms with Crippen molar-refractivity contribution < 1.29 is 4.18 Å². The second-order valence-electron chi connectivity index (χ2n) is 1.87. The van der Waals surface area contributed by atoms with E-state index < -0.39 is 0 Å². The zero-order valence-electron chi connectivity index (χ0n) is 6.28. The summed E-state index contributed by atoms with van der Waals surface area (Å²) in [6.45, 7) is 3.66. The minimum atomic E-state index is 0.759. The van der Waals surface area contributed by atoms with Crippen LogP contribution in [0.4, 0.5) is 0 Å². The molecule has 0 atom stereocenters. The minimum Gasteiger partial charge on any atom is -0.424 e. The van der Waals surface area contributed by atoms with Gasteiger partial charge < -0.3 is 4.18 Å². The molecule has 3 heteroatoms. The Morgan fingerprint density at radius 1 is 1.73 bits per heavy atom. The number of nitrogens with zero attached hydrogens (tertiary/aromatic N) is 1. The summed E-state index contributed by atoms with van der Waals surface area (Å²) in [6, 6.07) is 1.86. The second kappa shape index (κ2) is 4.03. The van der Waals surface area contributed by atoms with E-state index in [1.807, 2.05) is 12.3 Å². The SMILES string of the molecule is C=Cc1ccncc1OSC. The summed E-state index contributed by atoms with van der Waals surface area (Å²) in [6.07, 6.45) is 6.99.